The van der Waals surface area contributed by atoms with Gasteiger partial charge in [0.1, 0.15) is 0 Å². The van der Waals surface area contributed by atoms with Crippen molar-refractivity contribution in [1.82, 2.24) is 5.32 Å². The van der Waals surface area contributed by atoms with Gasteiger partial charge in [-0.2, -0.15) is 0 Å². The second-order valence-electron chi connectivity index (χ2n) is 7.04. The summed E-state index contributed by atoms with van der Waals surface area (Å²) >= 11 is 6.16. The summed E-state index contributed by atoms with van der Waals surface area (Å²) in [4.78, 5) is 24.4. The number of carbonyl (C=O) groups excluding carboxylic acids is 2. The maximum absolute atomic E-state index is 12.2. The molecule has 0 aromatic heterocycles. The monoisotopic (exact) mass is 350 g/mol. The largest absolute Gasteiger partial charge is 0.352 e. The molecule has 1 aromatic carbocycles. The van der Waals surface area contributed by atoms with Gasteiger partial charge in [0.25, 0.3) is 5.91 Å². The zero-order valence-electron chi connectivity index (χ0n) is 14.5. The van der Waals surface area contributed by atoms with Gasteiger partial charge in [-0.25, -0.2) is 0 Å². The van der Waals surface area contributed by atoms with E-state index < -0.39 is 0 Å². The summed E-state index contributed by atoms with van der Waals surface area (Å²) in [7, 11) is 0. The highest BCUT2D eigenvalue weighted by Crippen LogP contribution is 2.29. The molecule has 0 heterocycles. The lowest BCUT2D eigenvalue weighted by Gasteiger charge is -2.12. The zero-order chi connectivity index (χ0) is 17.5. The van der Waals surface area contributed by atoms with E-state index in [0.29, 0.717) is 41.1 Å². The van der Waals surface area contributed by atoms with Crippen molar-refractivity contribution in [3.8, 4) is 0 Å². The number of hydrogen-bond acceptors (Lipinski definition) is 2. The summed E-state index contributed by atoms with van der Waals surface area (Å²) in [5, 5.41) is 6.20. The first kappa shape index (κ1) is 18.8. The van der Waals surface area contributed by atoms with E-state index in [1.807, 2.05) is 0 Å². The Kier molecular flexibility index (Phi) is 7.10. The average molecular weight is 351 g/mol. The fraction of sp³-hybridized carbons (Fsp3) is 0.579. The lowest BCUT2D eigenvalue weighted by molar-refractivity contribution is -0.117. The van der Waals surface area contributed by atoms with Crippen molar-refractivity contribution in [2.24, 2.45) is 11.8 Å². The Bertz CT molecular complexity index is 581. The van der Waals surface area contributed by atoms with Crippen LogP contribution in [0.3, 0.4) is 0 Å². The maximum Gasteiger partial charge on any atom is 0.251 e. The Morgan fingerprint density at radius 1 is 1.25 bits per heavy atom. The van der Waals surface area contributed by atoms with Crippen LogP contribution in [0.15, 0.2) is 18.2 Å². The first-order valence-corrected chi connectivity index (χ1v) is 9.21. The second kappa shape index (κ2) is 9.07. The van der Waals surface area contributed by atoms with Gasteiger partial charge in [-0.1, -0.05) is 38.3 Å². The standard InChI is InChI=1S/C19H27ClN2O2/c1-13(2)9-10-21-19(24)15-7-8-16(20)17(12-15)22-18(23)11-14-5-3-4-6-14/h7-8,12-14H,3-6,9-11H2,1-2H3,(H,21,24)(H,22,23). The molecule has 1 aliphatic carbocycles. The van der Waals surface area contributed by atoms with Crippen LogP contribution in [0.25, 0.3) is 0 Å². The molecule has 0 aliphatic heterocycles. The van der Waals surface area contributed by atoms with Crippen LogP contribution in [0.1, 0.15) is 62.7 Å². The molecule has 0 spiro atoms. The molecule has 0 unspecified atom stereocenters. The van der Waals surface area contributed by atoms with Crippen molar-refractivity contribution in [2.45, 2.75) is 52.4 Å². The van der Waals surface area contributed by atoms with Gasteiger partial charge < -0.3 is 10.6 Å². The minimum absolute atomic E-state index is 0.0267. The predicted molar refractivity (Wildman–Crippen MR) is 98.4 cm³/mol. The van der Waals surface area contributed by atoms with E-state index in [-0.39, 0.29) is 11.8 Å². The van der Waals surface area contributed by atoms with Gasteiger partial charge in [-0.05, 0) is 49.3 Å². The summed E-state index contributed by atoms with van der Waals surface area (Å²) in [6, 6.07) is 4.99. The summed E-state index contributed by atoms with van der Waals surface area (Å²) in [6.07, 6.45) is 6.14. The van der Waals surface area contributed by atoms with Gasteiger partial charge in [0.05, 0.1) is 10.7 Å². The molecule has 0 saturated heterocycles. The number of anilines is 1. The Morgan fingerprint density at radius 3 is 2.62 bits per heavy atom. The average Bonchev–Trinajstić information content (AvgIpc) is 3.01. The van der Waals surface area contributed by atoms with E-state index in [4.69, 9.17) is 11.6 Å². The van der Waals surface area contributed by atoms with Crippen LogP contribution in [0, 0.1) is 11.8 Å². The molecule has 132 valence electrons. The third-order valence-corrected chi connectivity index (χ3v) is 4.79. The van der Waals surface area contributed by atoms with Crippen molar-refractivity contribution in [1.29, 1.82) is 0 Å². The van der Waals surface area contributed by atoms with E-state index >= 15 is 0 Å². The molecule has 4 nitrogen and oxygen atoms in total. The SMILES string of the molecule is CC(C)CCNC(=O)c1ccc(Cl)c(NC(=O)CC2CCCC2)c1. The fourth-order valence-electron chi connectivity index (χ4n) is 3.02. The molecule has 1 aromatic rings. The normalized spacial score (nSPS) is 14.8. The van der Waals surface area contributed by atoms with E-state index in [2.05, 4.69) is 24.5 Å². The van der Waals surface area contributed by atoms with Gasteiger partial charge in [0.2, 0.25) is 5.91 Å². The van der Waals surface area contributed by atoms with Crippen LogP contribution >= 0.6 is 11.6 Å². The number of carbonyl (C=O) groups is 2. The molecule has 0 bridgehead atoms. The summed E-state index contributed by atoms with van der Waals surface area (Å²) in [5.74, 6) is 0.854. The number of rotatable bonds is 7. The topological polar surface area (TPSA) is 58.2 Å². The minimum atomic E-state index is -0.140. The van der Waals surface area contributed by atoms with Crippen LogP contribution in [-0.2, 0) is 4.79 Å². The molecule has 0 atom stereocenters. The number of halogens is 1. The van der Waals surface area contributed by atoms with Crippen LogP contribution in [0.5, 0.6) is 0 Å². The van der Waals surface area contributed by atoms with Crippen LogP contribution < -0.4 is 10.6 Å². The Labute approximate surface area is 149 Å². The van der Waals surface area contributed by atoms with Crippen LogP contribution in [-0.4, -0.2) is 18.4 Å². The zero-order valence-corrected chi connectivity index (χ0v) is 15.3. The summed E-state index contributed by atoms with van der Waals surface area (Å²) < 4.78 is 0. The molecular weight excluding hydrogens is 324 g/mol. The van der Waals surface area contributed by atoms with Crippen molar-refractivity contribution in [3.63, 3.8) is 0 Å². The van der Waals surface area contributed by atoms with E-state index in [0.717, 1.165) is 19.3 Å². The quantitative estimate of drug-likeness (QED) is 0.752. The van der Waals surface area contributed by atoms with Gasteiger partial charge in [-0.3, -0.25) is 9.59 Å². The smallest absolute Gasteiger partial charge is 0.251 e. The van der Waals surface area contributed by atoms with Crippen molar-refractivity contribution in [3.05, 3.63) is 28.8 Å². The molecule has 1 aliphatic rings. The number of hydrogen-bond donors (Lipinski definition) is 2. The number of benzene rings is 1. The lowest BCUT2D eigenvalue weighted by atomic mass is 10.0. The first-order chi connectivity index (χ1) is 11.5. The van der Waals surface area contributed by atoms with E-state index in [1.54, 1.807) is 18.2 Å². The number of nitrogens with one attached hydrogen (secondary N) is 2. The molecule has 5 heteroatoms. The summed E-state index contributed by atoms with van der Waals surface area (Å²) in [6.45, 7) is 4.88. The molecular formula is C19H27ClN2O2. The second-order valence-corrected chi connectivity index (χ2v) is 7.44. The fourth-order valence-corrected chi connectivity index (χ4v) is 3.18. The molecule has 1 saturated carbocycles. The van der Waals surface area contributed by atoms with Gasteiger partial charge in [0.15, 0.2) is 0 Å². The van der Waals surface area contributed by atoms with Crippen LogP contribution in [0.2, 0.25) is 5.02 Å². The molecule has 0 radical (unpaired) electrons. The van der Waals surface area contributed by atoms with Crippen molar-refractivity contribution < 1.29 is 9.59 Å². The van der Waals surface area contributed by atoms with E-state index in [9.17, 15) is 9.59 Å². The predicted octanol–water partition coefficient (Wildman–Crippen LogP) is 4.63. The summed E-state index contributed by atoms with van der Waals surface area (Å²) in [5.41, 5.74) is 1.02. The van der Waals surface area contributed by atoms with Gasteiger partial charge in [0, 0.05) is 18.5 Å². The van der Waals surface area contributed by atoms with Crippen LogP contribution in [0.4, 0.5) is 5.69 Å². The van der Waals surface area contributed by atoms with Gasteiger partial charge in [-0.15, -0.1) is 0 Å². The maximum atomic E-state index is 12.2. The van der Waals surface area contributed by atoms with E-state index in [1.165, 1.54) is 12.8 Å². The lowest BCUT2D eigenvalue weighted by Crippen LogP contribution is -2.25. The highest BCUT2D eigenvalue weighted by molar-refractivity contribution is 6.33. The Morgan fingerprint density at radius 2 is 1.96 bits per heavy atom. The Hall–Kier alpha value is -1.55. The molecule has 2 rings (SSSR count). The van der Waals surface area contributed by atoms with Crippen molar-refractivity contribution in [2.75, 3.05) is 11.9 Å². The molecule has 1 fully saturated rings. The van der Waals surface area contributed by atoms with Gasteiger partial charge >= 0.3 is 0 Å². The molecule has 24 heavy (non-hydrogen) atoms. The van der Waals surface area contributed by atoms with Crippen molar-refractivity contribution >= 4 is 29.1 Å². The minimum Gasteiger partial charge on any atom is -0.352 e. The third kappa shape index (κ3) is 5.82. The molecule has 2 N–H and O–H groups in total. The Balaban J connectivity index is 1.94. The third-order valence-electron chi connectivity index (χ3n) is 4.46. The highest BCUT2D eigenvalue weighted by atomic mass is 35.5. The first-order valence-electron chi connectivity index (χ1n) is 8.83. The highest BCUT2D eigenvalue weighted by Gasteiger charge is 2.19. The number of amides is 2. The molecule has 2 amide bonds.